The number of ether oxygens (including phenoxy) is 2. The molecule has 6 nitrogen and oxygen atoms in total. The zero-order valence-electron chi connectivity index (χ0n) is 14.9. The summed E-state index contributed by atoms with van der Waals surface area (Å²) in [4.78, 5) is 24.2. The maximum atomic E-state index is 12.1. The molecule has 0 aliphatic heterocycles. The first kappa shape index (κ1) is 20.7. The normalized spacial score (nSPS) is 10.0. The summed E-state index contributed by atoms with van der Waals surface area (Å²) in [5.74, 6) is -1.09. The van der Waals surface area contributed by atoms with Gasteiger partial charge in [-0.05, 0) is 56.4 Å². The molecule has 0 fully saturated rings. The Morgan fingerprint density at radius 1 is 0.963 bits per heavy atom. The van der Waals surface area contributed by atoms with E-state index in [0.29, 0.717) is 16.4 Å². The van der Waals surface area contributed by atoms with Crippen LogP contribution in [0.15, 0.2) is 42.5 Å². The zero-order chi connectivity index (χ0) is 19.8. The first-order chi connectivity index (χ1) is 12.9. The van der Waals surface area contributed by atoms with Gasteiger partial charge in [0.1, 0.15) is 0 Å². The highest BCUT2D eigenvalue weighted by atomic mass is 35.5. The summed E-state index contributed by atoms with van der Waals surface area (Å²) in [6, 6.07) is 11.6. The molecule has 27 heavy (non-hydrogen) atoms. The van der Waals surface area contributed by atoms with Crippen molar-refractivity contribution in [1.82, 2.24) is 0 Å². The molecule has 2 N–H and O–H groups in total. The predicted molar refractivity (Wildman–Crippen MR) is 110 cm³/mol. The molecule has 2 aromatic rings. The minimum absolute atomic E-state index is 0.213. The summed E-state index contributed by atoms with van der Waals surface area (Å²) in [5, 5.41) is 6.66. The first-order valence-corrected chi connectivity index (χ1v) is 9.05. The van der Waals surface area contributed by atoms with Crippen molar-refractivity contribution in [2.45, 2.75) is 13.8 Å². The van der Waals surface area contributed by atoms with Gasteiger partial charge < -0.3 is 20.1 Å². The number of hydrogen-bond donors (Lipinski definition) is 2. The Kier molecular flexibility index (Phi) is 7.57. The number of thiocarbonyl (C=S) groups is 1. The highest BCUT2D eigenvalue weighted by molar-refractivity contribution is 7.80. The number of carbonyl (C=O) groups excluding carboxylic acids is 2. The topological polar surface area (TPSA) is 76.7 Å². The van der Waals surface area contributed by atoms with Crippen molar-refractivity contribution in [3.05, 3.63) is 58.6 Å². The molecular weight excluding hydrogens is 388 g/mol. The number of anilines is 2. The number of rotatable bonds is 6. The second kappa shape index (κ2) is 9.89. The molecule has 0 spiro atoms. The van der Waals surface area contributed by atoms with Crippen molar-refractivity contribution in [2.24, 2.45) is 0 Å². The van der Waals surface area contributed by atoms with Crippen LogP contribution in [-0.2, 0) is 9.47 Å². The Morgan fingerprint density at radius 3 is 2.04 bits per heavy atom. The van der Waals surface area contributed by atoms with E-state index in [4.69, 9.17) is 33.3 Å². The van der Waals surface area contributed by atoms with Gasteiger partial charge in [0, 0.05) is 5.69 Å². The molecule has 0 radical (unpaired) electrons. The molecule has 2 aromatic carbocycles. The van der Waals surface area contributed by atoms with Crippen LogP contribution in [0.2, 0.25) is 5.02 Å². The maximum Gasteiger partial charge on any atom is 0.338 e. The van der Waals surface area contributed by atoms with Gasteiger partial charge in [0.25, 0.3) is 0 Å². The van der Waals surface area contributed by atoms with Crippen LogP contribution in [0.4, 0.5) is 11.4 Å². The second-order valence-electron chi connectivity index (χ2n) is 5.30. The molecule has 2 rings (SSSR count). The Labute approximate surface area is 167 Å². The van der Waals surface area contributed by atoms with E-state index in [0.717, 1.165) is 0 Å². The molecular formula is C19H19ClN2O4S. The molecule has 0 saturated carbocycles. The Morgan fingerprint density at radius 2 is 1.52 bits per heavy atom. The highest BCUT2D eigenvalue weighted by Crippen LogP contribution is 2.22. The third-order valence-corrected chi connectivity index (χ3v) is 3.87. The zero-order valence-corrected chi connectivity index (χ0v) is 16.4. The standard InChI is InChI=1S/C19H19ClN2O4S/c1-3-25-17(23)12-9-13(18(24)26-4-2)11-14(10-12)21-19(27)22-16-8-6-5-7-15(16)20/h5-11H,3-4H2,1-2H3,(H2,21,22,27). The summed E-state index contributed by atoms with van der Waals surface area (Å²) in [6.45, 7) is 3.85. The largest absolute Gasteiger partial charge is 0.462 e. The molecule has 0 atom stereocenters. The van der Waals surface area contributed by atoms with E-state index in [1.54, 1.807) is 44.2 Å². The van der Waals surface area contributed by atoms with Gasteiger partial charge >= 0.3 is 11.9 Å². The fourth-order valence-electron chi connectivity index (χ4n) is 2.21. The monoisotopic (exact) mass is 406 g/mol. The van der Waals surface area contributed by atoms with Crippen LogP contribution in [0.25, 0.3) is 0 Å². The Balaban J connectivity index is 2.25. The van der Waals surface area contributed by atoms with Gasteiger partial charge in [-0.15, -0.1) is 0 Å². The van der Waals surface area contributed by atoms with E-state index >= 15 is 0 Å². The summed E-state index contributed by atoms with van der Waals surface area (Å²) in [5.41, 5.74) is 1.49. The minimum atomic E-state index is -0.545. The molecule has 8 heteroatoms. The predicted octanol–water partition coefficient (Wildman–Crippen LogP) is 4.50. The third-order valence-electron chi connectivity index (χ3n) is 3.34. The number of halogens is 1. The number of benzene rings is 2. The molecule has 0 amide bonds. The van der Waals surface area contributed by atoms with E-state index in [1.165, 1.54) is 6.07 Å². The maximum absolute atomic E-state index is 12.1. The Hall–Kier alpha value is -2.64. The van der Waals surface area contributed by atoms with E-state index in [9.17, 15) is 9.59 Å². The summed E-state index contributed by atoms with van der Waals surface area (Å²) in [7, 11) is 0. The summed E-state index contributed by atoms with van der Waals surface area (Å²) < 4.78 is 10.0. The number of hydrogen-bond acceptors (Lipinski definition) is 5. The Bertz CT molecular complexity index is 821. The molecule has 0 aliphatic carbocycles. The van der Waals surface area contributed by atoms with Crippen LogP contribution in [-0.4, -0.2) is 30.3 Å². The van der Waals surface area contributed by atoms with Gasteiger partial charge in [0.05, 0.1) is 35.1 Å². The summed E-state index contributed by atoms with van der Waals surface area (Å²) >= 11 is 11.4. The first-order valence-electron chi connectivity index (χ1n) is 8.26. The van der Waals surface area contributed by atoms with Crippen molar-refractivity contribution in [3.8, 4) is 0 Å². The lowest BCUT2D eigenvalue weighted by molar-refractivity contribution is 0.0525. The van der Waals surface area contributed by atoms with E-state index in [2.05, 4.69) is 10.6 Å². The van der Waals surface area contributed by atoms with E-state index in [1.807, 2.05) is 6.07 Å². The lowest BCUT2D eigenvalue weighted by Crippen LogP contribution is -2.20. The van der Waals surface area contributed by atoms with Gasteiger partial charge in [0.15, 0.2) is 5.11 Å². The van der Waals surface area contributed by atoms with Crippen molar-refractivity contribution >= 4 is 52.2 Å². The molecule has 142 valence electrons. The fourth-order valence-corrected chi connectivity index (χ4v) is 2.62. The number of esters is 2. The van der Waals surface area contributed by atoms with Crippen molar-refractivity contribution in [2.75, 3.05) is 23.8 Å². The second-order valence-corrected chi connectivity index (χ2v) is 6.11. The number of carbonyl (C=O) groups is 2. The molecule has 0 heterocycles. The lowest BCUT2D eigenvalue weighted by Gasteiger charge is -2.14. The van der Waals surface area contributed by atoms with Crippen LogP contribution >= 0.6 is 23.8 Å². The quantitative estimate of drug-likeness (QED) is 0.540. The van der Waals surface area contributed by atoms with Gasteiger partial charge in [-0.3, -0.25) is 0 Å². The highest BCUT2D eigenvalue weighted by Gasteiger charge is 2.15. The van der Waals surface area contributed by atoms with Crippen molar-refractivity contribution in [3.63, 3.8) is 0 Å². The van der Waals surface area contributed by atoms with Gasteiger partial charge in [-0.25, -0.2) is 9.59 Å². The lowest BCUT2D eigenvalue weighted by atomic mass is 10.1. The SMILES string of the molecule is CCOC(=O)c1cc(NC(=S)Nc2ccccc2Cl)cc(C(=O)OCC)c1. The van der Waals surface area contributed by atoms with Crippen molar-refractivity contribution < 1.29 is 19.1 Å². The van der Waals surface area contributed by atoms with Crippen molar-refractivity contribution in [1.29, 1.82) is 0 Å². The molecule has 0 unspecified atom stereocenters. The molecule has 0 aromatic heterocycles. The minimum Gasteiger partial charge on any atom is -0.462 e. The van der Waals surface area contributed by atoms with Crippen LogP contribution < -0.4 is 10.6 Å². The van der Waals surface area contributed by atoms with E-state index < -0.39 is 11.9 Å². The van der Waals surface area contributed by atoms with Crippen LogP contribution in [0, 0.1) is 0 Å². The van der Waals surface area contributed by atoms with Gasteiger partial charge in [-0.2, -0.15) is 0 Å². The number of nitrogens with one attached hydrogen (secondary N) is 2. The summed E-state index contributed by atoms with van der Waals surface area (Å²) in [6.07, 6.45) is 0. The van der Waals surface area contributed by atoms with Crippen LogP contribution in [0.3, 0.4) is 0 Å². The molecule has 0 bridgehead atoms. The van der Waals surface area contributed by atoms with Gasteiger partial charge in [0.2, 0.25) is 0 Å². The average molecular weight is 407 g/mol. The average Bonchev–Trinajstić information content (AvgIpc) is 2.63. The molecule has 0 saturated heterocycles. The fraction of sp³-hybridized carbons (Fsp3) is 0.211. The third kappa shape index (κ3) is 5.94. The smallest absolute Gasteiger partial charge is 0.338 e. The van der Waals surface area contributed by atoms with E-state index in [-0.39, 0.29) is 29.5 Å². The molecule has 0 aliphatic rings. The van der Waals surface area contributed by atoms with Crippen LogP contribution in [0.1, 0.15) is 34.6 Å². The number of para-hydroxylation sites is 1. The van der Waals surface area contributed by atoms with Crippen LogP contribution in [0.5, 0.6) is 0 Å². The van der Waals surface area contributed by atoms with Gasteiger partial charge in [-0.1, -0.05) is 23.7 Å².